The molecule has 0 fully saturated rings. The van der Waals surface area contributed by atoms with Gasteiger partial charge in [0.2, 0.25) is 5.95 Å². The third kappa shape index (κ3) is 3.31. The van der Waals surface area contributed by atoms with Gasteiger partial charge in [-0.1, -0.05) is 0 Å². The molecule has 0 saturated carbocycles. The Hall–Kier alpha value is -2.57. The van der Waals surface area contributed by atoms with Crippen LogP contribution < -0.4 is 5.32 Å². The summed E-state index contributed by atoms with van der Waals surface area (Å²) in [6.45, 7) is 3.75. The molecule has 0 amide bonds. The summed E-state index contributed by atoms with van der Waals surface area (Å²) in [6.07, 6.45) is 0. The number of nitrogens with one attached hydrogen (secondary N) is 2. The summed E-state index contributed by atoms with van der Waals surface area (Å²) in [6, 6.07) is 4.50. The molecule has 112 valence electrons. The molecule has 0 spiro atoms. The standard InChI is InChI=1S/C14H17N3O4/c1-4-21-13(19)9-5-6-10-11(7-9)17-14(16-10)15-8(2)12(18)20-3/h5-8H,4H2,1-3H3,(H2,15,16,17). The van der Waals surface area contributed by atoms with Gasteiger partial charge in [0.15, 0.2) is 0 Å². The quantitative estimate of drug-likeness (QED) is 0.815. The van der Waals surface area contributed by atoms with Gasteiger partial charge in [-0.3, -0.25) is 0 Å². The molecule has 1 aromatic carbocycles. The molecule has 0 bridgehead atoms. The summed E-state index contributed by atoms with van der Waals surface area (Å²) in [7, 11) is 1.32. The number of imidazole rings is 1. The molecule has 2 aromatic rings. The Labute approximate surface area is 121 Å². The van der Waals surface area contributed by atoms with Gasteiger partial charge in [0.1, 0.15) is 6.04 Å². The van der Waals surface area contributed by atoms with Crippen molar-refractivity contribution in [1.29, 1.82) is 0 Å². The molecule has 7 heteroatoms. The smallest absolute Gasteiger partial charge is 0.338 e. The van der Waals surface area contributed by atoms with E-state index in [0.29, 0.717) is 29.2 Å². The summed E-state index contributed by atoms with van der Waals surface area (Å²) in [4.78, 5) is 30.3. The number of benzene rings is 1. The number of methoxy groups -OCH3 is 1. The van der Waals surface area contributed by atoms with Crippen LogP contribution in [0.25, 0.3) is 11.0 Å². The number of carbonyl (C=O) groups is 2. The zero-order valence-electron chi connectivity index (χ0n) is 12.1. The van der Waals surface area contributed by atoms with Crippen LogP contribution in [-0.2, 0) is 14.3 Å². The highest BCUT2D eigenvalue weighted by Crippen LogP contribution is 2.17. The zero-order chi connectivity index (χ0) is 15.4. The third-order valence-electron chi connectivity index (χ3n) is 2.90. The molecule has 2 rings (SSSR count). The number of anilines is 1. The van der Waals surface area contributed by atoms with E-state index >= 15 is 0 Å². The van der Waals surface area contributed by atoms with Crippen LogP contribution in [0.4, 0.5) is 5.95 Å². The van der Waals surface area contributed by atoms with Gasteiger partial charge in [0, 0.05) is 0 Å². The van der Waals surface area contributed by atoms with Gasteiger partial charge in [0.25, 0.3) is 0 Å². The number of hydrogen-bond acceptors (Lipinski definition) is 6. The van der Waals surface area contributed by atoms with Crippen LogP contribution in [0.15, 0.2) is 18.2 Å². The highest BCUT2D eigenvalue weighted by atomic mass is 16.5. The Kier molecular flexibility index (Phi) is 4.42. The second-order valence-electron chi connectivity index (χ2n) is 4.43. The van der Waals surface area contributed by atoms with Crippen molar-refractivity contribution >= 4 is 28.9 Å². The summed E-state index contributed by atoms with van der Waals surface area (Å²) in [5.41, 5.74) is 1.81. The van der Waals surface area contributed by atoms with E-state index in [2.05, 4.69) is 20.0 Å². The van der Waals surface area contributed by atoms with Crippen molar-refractivity contribution in [3.63, 3.8) is 0 Å². The topological polar surface area (TPSA) is 93.3 Å². The first kappa shape index (κ1) is 14.8. The number of ether oxygens (including phenoxy) is 2. The van der Waals surface area contributed by atoms with Crippen LogP contribution in [0.1, 0.15) is 24.2 Å². The number of fused-ring (bicyclic) bond motifs is 1. The van der Waals surface area contributed by atoms with Gasteiger partial charge < -0.3 is 19.8 Å². The second kappa shape index (κ2) is 6.25. The molecule has 21 heavy (non-hydrogen) atoms. The first-order valence-electron chi connectivity index (χ1n) is 6.56. The van der Waals surface area contributed by atoms with Crippen LogP contribution in [-0.4, -0.2) is 41.7 Å². The van der Waals surface area contributed by atoms with E-state index in [1.54, 1.807) is 32.0 Å². The number of nitrogens with zero attached hydrogens (tertiary/aromatic N) is 1. The largest absolute Gasteiger partial charge is 0.467 e. The minimum absolute atomic E-state index is 0.323. The van der Waals surface area contributed by atoms with E-state index < -0.39 is 6.04 Å². The highest BCUT2D eigenvalue weighted by molar-refractivity contribution is 5.94. The SMILES string of the molecule is CCOC(=O)c1ccc2nc(NC(C)C(=O)OC)[nH]c2c1. The van der Waals surface area contributed by atoms with E-state index in [1.165, 1.54) is 7.11 Å². The molecule has 1 aromatic heterocycles. The number of esters is 2. The molecule has 1 heterocycles. The normalized spacial score (nSPS) is 12.0. The number of H-pyrrole nitrogens is 1. The molecule has 0 aliphatic carbocycles. The lowest BCUT2D eigenvalue weighted by molar-refractivity contribution is -0.141. The molecule has 0 aliphatic rings. The lowest BCUT2D eigenvalue weighted by Crippen LogP contribution is -2.27. The summed E-state index contributed by atoms with van der Waals surface area (Å²) < 4.78 is 9.58. The Balaban J connectivity index is 2.21. The Morgan fingerprint density at radius 2 is 2.19 bits per heavy atom. The maximum atomic E-state index is 11.7. The zero-order valence-corrected chi connectivity index (χ0v) is 12.1. The molecule has 7 nitrogen and oxygen atoms in total. The van der Waals surface area contributed by atoms with Gasteiger partial charge in [0.05, 0.1) is 30.3 Å². The van der Waals surface area contributed by atoms with E-state index in [1.807, 2.05) is 0 Å². The minimum Gasteiger partial charge on any atom is -0.467 e. The molecular weight excluding hydrogens is 274 g/mol. The Bertz CT molecular complexity index is 665. The van der Waals surface area contributed by atoms with Gasteiger partial charge in [-0.05, 0) is 32.0 Å². The van der Waals surface area contributed by atoms with Crippen molar-refractivity contribution in [3.05, 3.63) is 23.8 Å². The fourth-order valence-electron chi connectivity index (χ4n) is 1.86. The average Bonchev–Trinajstić information content (AvgIpc) is 2.87. The van der Waals surface area contributed by atoms with Crippen LogP contribution in [0.3, 0.4) is 0 Å². The summed E-state index contributed by atoms with van der Waals surface area (Å²) in [5, 5.41) is 2.90. The van der Waals surface area contributed by atoms with E-state index in [-0.39, 0.29) is 11.9 Å². The van der Waals surface area contributed by atoms with E-state index in [9.17, 15) is 9.59 Å². The molecule has 0 radical (unpaired) electrons. The van der Waals surface area contributed by atoms with Crippen molar-refractivity contribution in [2.45, 2.75) is 19.9 Å². The molecule has 0 aliphatic heterocycles. The van der Waals surface area contributed by atoms with E-state index in [0.717, 1.165) is 0 Å². The molecule has 2 N–H and O–H groups in total. The van der Waals surface area contributed by atoms with Crippen molar-refractivity contribution < 1.29 is 19.1 Å². The first-order valence-corrected chi connectivity index (χ1v) is 6.56. The fourth-order valence-corrected chi connectivity index (χ4v) is 1.86. The number of aromatic nitrogens is 2. The molecule has 1 atom stereocenters. The maximum Gasteiger partial charge on any atom is 0.338 e. The second-order valence-corrected chi connectivity index (χ2v) is 4.43. The van der Waals surface area contributed by atoms with E-state index in [4.69, 9.17) is 4.74 Å². The highest BCUT2D eigenvalue weighted by Gasteiger charge is 2.15. The Morgan fingerprint density at radius 3 is 2.86 bits per heavy atom. The minimum atomic E-state index is -0.528. The summed E-state index contributed by atoms with van der Waals surface area (Å²) in [5.74, 6) is -0.335. The van der Waals surface area contributed by atoms with Gasteiger partial charge in [-0.2, -0.15) is 0 Å². The van der Waals surface area contributed by atoms with Gasteiger partial charge in [-0.25, -0.2) is 14.6 Å². The van der Waals surface area contributed by atoms with Crippen LogP contribution in [0, 0.1) is 0 Å². The van der Waals surface area contributed by atoms with Crippen molar-refractivity contribution in [2.24, 2.45) is 0 Å². The van der Waals surface area contributed by atoms with Gasteiger partial charge in [-0.15, -0.1) is 0 Å². The Morgan fingerprint density at radius 1 is 1.43 bits per heavy atom. The number of hydrogen-bond donors (Lipinski definition) is 2. The monoisotopic (exact) mass is 291 g/mol. The van der Waals surface area contributed by atoms with Crippen molar-refractivity contribution in [1.82, 2.24) is 9.97 Å². The van der Waals surface area contributed by atoms with Crippen molar-refractivity contribution in [2.75, 3.05) is 19.0 Å². The molecule has 0 saturated heterocycles. The molecular formula is C14H17N3O4. The predicted molar refractivity (Wildman–Crippen MR) is 77.2 cm³/mol. The maximum absolute atomic E-state index is 11.7. The molecule has 1 unspecified atom stereocenters. The third-order valence-corrected chi connectivity index (χ3v) is 2.90. The van der Waals surface area contributed by atoms with Gasteiger partial charge >= 0.3 is 11.9 Å². The van der Waals surface area contributed by atoms with Crippen LogP contribution in [0.2, 0.25) is 0 Å². The first-order chi connectivity index (χ1) is 10.0. The van der Waals surface area contributed by atoms with Crippen molar-refractivity contribution in [3.8, 4) is 0 Å². The van der Waals surface area contributed by atoms with Crippen LogP contribution >= 0.6 is 0 Å². The predicted octanol–water partition coefficient (Wildman–Crippen LogP) is 1.71. The lowest BCUT2D eigenvalue weighted by Gasteiger charge is -2.09. The average molecular weight is 291 g/mol. The number of aromatic amines is 1. The summed E-state index contributed by atoms with van der Waals surface area (Å²) >= 11 is 0. The van der Waals surface area contributed by atoms with Crippen LogP contribution in [0.5, 0.6) is 0 Å². The fraction of sp³-hybridized carbons (Fsp3) is 0.357. The number of rotatable bonds is 5. The number of carbonyl (C=O) groups excluding carboxylic acids is 2. The lowest BCUT2D eigenvalue weighted by atomic mass is 10.2.